The molecule has 1 atom stereocenters. The van der Waals surface area contributed by atoms with E-state index in [2.05, 4.69) is 20.9 Å². The number of nitrogens with one attached hydrogen (secondary N) is 3. The van der Waals surface area contributed by atoms with E-state index < -0.39 is 0 Å². The zero-order chi connectivity index (χ0) is 29.4. The summed E-state index contributed by atoms with van der Waals surface area (Å²) in [5, 5.41) is 11.5. The maximum atomic E-state index is 13.4. The molecule has 10 nitrogen and oxygen atoms in total. The van der Waals surface area contributed by atoms with Crippen LogP contribution in [0.4, 0.5) is 10.8 Å². The van der Waals surface area contributed by atoms with Crippen LogP contribution in [0, 0.1) is 0 Å². The summed E-state index contributed by atoms with van der Waals surface area (Å²) < 4.78 is 17.0. The van der Waals surface area contributed by atoms with Gasteiger partial charge >= 0.3 is 0 Å². The minimum Gasteiger partial charge on any atom is -0.493 e. The molecule has 1 aromatic heterocycles. The highest BCUT2D eigenvalue weighted by Crippen LogP contribution is 2.50. The molecule has 0 unspecified atom stereocenters. The van der Waals surface area contributed by atoms with Gasteiger partial charge in [-0.1, -0.05) is 12.5 Å². The zero-order valence-corrected chi connectivity index (χ0v) is 24.6. The predicted octanol–water partition coefficient (Wildman–Crippen LogP) is 4.93. The minimum atomic E-state index is -0.361. The van der Waals surface area contributed by atoms with Gasteiger partial charge in [0, 0.05) is 37.0 Å². The first-order valence-electron chi connectivity index (χ1n) is 13.6. The lowest BCUT2D eigenvalue weighted by Gasteiger charge is -2.19. The van der Waals surface area contributed by atoms with E-state index >= 15 is 0 Å². The molecule has 1 aliphatic carbocycles. The SMILES string of the molecule is COc1cc2c(c(OC)c1OC)-c1ccc(NCCCCCC(=O)Nc3nccs3)c(=O)cc1[C@@H](NC(C)=O)CC2. The number of carbonyl (C=O) groups excluding carboxylic acids is 2. The molecule has 0 aliphatic heterocycles. The molecule has 0 saturated carbocycles. The molecule has 3 N–H and O–H groups in total. The minimum absolute atomic E-state index is 0.0509. The van der Waals surface area contributed by atoms with E-state index in [0.29, 0.717) is 59.4 Å². The molecule has 4 rings (SSSR count). The topological polar surface area (TPSA) is 128 Å². The van der Waals surface area contributed by atoms with Gasteiger partial charge in [-0.25, -0.2) is 4.98 Å². The molecule has 3 aromatic rings. The smallest absolute Gasteiger partial charge is 0.226 e. The average Bonchev–Trinajstić information content (AvgIpc) is 3.35. The Labute approximate surface area is 243 Å². The number of fused-ring (bicyclic) bond motifs is 3. The second-order valence-electron chi connectivity index (χ2n) is 9.72. The van der Waals surface area contributed by atoms with Gasteiger partial charge in [0.15, 0.2) is 16.6 Å². The quantitative estimate of drug-likeness (QED) is 0.257. The number of methoxy groups -OCH3 is 3. The van der Waals surface area contributed by atoms with Gasteiger partial charge in [-0.05, 0) is 60.6 Å². The Morgan fingerprint density at radius 2 is 1.85 bits per heavy atom. The summed E-state index contributed by atoms with van der Waals surface area (Å²) in [5.74, 6) is 1.30. The van der Waals surface area contributed by atoms with Crippen LogP contribution in [0.25, 0.3) is 11.1 Å². The number of amides is 2. The van der Waals surface area contributed by atoms with Gasteiger partial charge in [0.25, 0.3) is 0 Å². The first kappa shape index (κ1) is 29.9. The highest BCUT2D eigenvalue weighted by atomic mass is 32.1. The number of aryl methyl sites for hydroxylation is 1. The van der Waals surface area contributed by atoms with Crippen LogP contribution in [-0.2, 0) is 16.0 Å². The number of hydrogen-bond acceptors (Lipinski definition) is 9. The molecule has 0 saturated heterocycles. The third-order valence-electron chi connectivity index (χ3n) is 6.99. The molecule has 2 aromatic carbocycles. The van der Waals surface area contributed by atoms with Crippen LogP contribution >= 0.6 is 11.3 Å². The van der Waals surface area contributed by atoms with E-state index in [0.717, 1.165) is 36.0 Å². The van der Waals surface area contributed by atoms with E-state index in [1.807, 2.05) is 17.5 Å². The third kappa shape index (κ3) is 7.15. The van der Waals surface area contributed by atoms with Crippen molar-refractivity contribution in [2.45, 2.75) is 51.5 Å². The zero-order valence-electron chi connectivity index (χ0n) is 23.8. The van der Waals surface area contributed by atoms with Crippen molar-refractivity contribution in [2.75, 3.05) is 38.5 Å². The molecule has 2 amide bonds. The molecule has 0 fully saturated rings. The second-order valence-corrected chi connectivity index (χ2v) is 10.6. The predicted molar refractivity (Wildman–Crippen MR) is 160 cm³/mol. The lowest BCUT2D eigenvalue weighted by Crippen LogP contribution is -2.26. The van der Waals surface area contributed by atoms with Crippen molar-refractivity contribution in [3.05, 3.63) is 57.2 Å². The van der Waals surface area contributed by atoms with E-state index in [-0.39, 0.29) is 23.3 Å². The van der Waals surface area contributed by atoms with Gasteiger partial charge in [-0.3, -0.25) is 14.4 Å². The summed E-state index contributed by atoms with van der Waals surface area (Å²) in [5.41, 5.74) is 3.57. The number of ether oxygens (including phenoxy) is 3. The van der Waals surface area contributed by atoms with E-state index in [1.54, 1.807) is 39.7 Å². The van der Waals surface area contributed by atoms with Crippen molar-refractivity contribution in [1.29, 1.82) is 0 Å². The molecule has 0 radical (unpaired) electrons. The van der Waals surface area contributed by atoms with Gasteiger partial charge in [-0.2, -0.15) is 0 Å². The molecule has 0 spiro atoms. The number of benzene rings is 1. The van der Waals surface area contributed by atoms with Crippen LogP contribution in [0.2, 0.25) is 0 Å². The number of anilines is 2. The maximum absolute atomic E-state index is 13.4. The number of carbonyl (C=O) groups is 2. The number of rotatable bonds is 12. The van der Waals surface area contributed by atoms with Crippen LogP contribution < -0.4 is 35.6 Å². The van der Waals surface area contributed by atoms with Crippen molar-refractivity contribution in [2.24, 2.45) is 0 Å². The second kappa shape index (κ2) is 14.0. The van der Waals surface area contributed by atoms with Crippen molar-refractivity contribution in [3.8, 4) is 28.4 Å². The molecule has 11 heteroatoms. The Balaban J connectivity index is 1.56. The summed E-state index contributed by atoms with van der Waals surface area (Å²) in [6.07, 6.45) is 5.67. The molecule has 1 heterocycles. The Bertz CT molecular complexity index is 1440. The Morgan fingerprint density at radius 3 is 2.54 bits per heavy atom. The molecule has 1 aliphatic rings. The molecule has 41 heavy (non-hydrogen) atoms. The Kier molecular flexibility index (Phi) is 10.2. The van der Waals surface area contributed by atoms with Crippen molar-refractivity contribution in [1.82, 2.24) is 10.3 Å². The van der Waals surface area contributed by atoms with Gasteiger partial charge < -0.3 is 30.2 Å². The number of thiazole rings is 1. The summed E-state index contributed by atoms with van der Waals surface area (Å²) in [4.78, 5) is 41.6. The van der Waals surface area contributed by atoms with Crippen LogP contribution in [0.1, 0.15) is 56.2 Å². The van der Waals surface area contributed by atoms with Crippen LogP contribution in [-0.4, -0.2) is 44.7 Å². The van der Waals surface area contributed by atoms with Gasteiger partial charge in [-0.15, -0.1) is 11.3 Å². The van der Waals surface area contributed by atoms with Crippen LogP contribution in [0.3, 0.4) is 0 Å². The summed E-state index contributed by atoms with van der Waals surface area (Å²) in [6, 6.07) is 6.85. The van der Waals surface area contributed by atoms with Gasteiger partial charge in [0.2, 0.25) is 23.0 Å². The monoisotopic (exact) mass is 580 g/mol. The fourth-order valence-electron chi connectivity index (χ4n) is 5.13. The first-order chi connectivity index (χ1) is 19.9. The summed E-state index contributed by atoms with van der Waals surface area (Å²) in [6.45, 7) is 2.05. The lowest BCUT2D eigenvalue weighted by atomic mass is 9.95. The third-order valence-corrected chi connectivity index (χ3v) is 7.68. The fraction of sp³-hybridized carbons (Fsp3) is 0.400. The standard InChI is InChI=1S/C30H36N4O6S/c1-18(35)33-22-11-9-19-16-25(38-2)28(39-3)29(40-4)27(19)20-10-12-23(24(36)17-21(20)22)31-13-7-5-6-8-26(37)34-30-32-14-15-41-30/h10,12,14-17,22H,5-9,11,13H2,1-4H3,(H,31,36)(H,33,35)(H,32,34,37)/t22-/m0/s1. The number of aromatic nitrogens is 1. The maximum Gasteiger partial charge on any atom is 0.226 e. The van der Waals surface area contributed by atoms with Crippen molar-refractivity contribution >= 4 is 34.0 Å². The number of unbranched alkanes of at least 4 members (excludes halogenated alkanes) is 2. The normalized spacial score (nSPS) is 13.7. The number of nitrogens with zero attached hydrogens (tertiary/aromatic N) is 1. The Hall–Kier alpha value is -4.12. The highest BCUT2D eigenvalue weighted by molar-refractivity contribution is 7.13. The van der Waals surface area contributed by atoms with E-state index in [9.17, 15) is 14.4 Å². The molecular formula is C30H36N4O6S. The molecule has 0 bridgehead atoms. The summed E-state index contributed by atoms with van der Waals surface area (Å²) in [7, 11) is 4.71. The lowest BCUT2D eigenvalue weighted by molar-refractivity contribution is -0.119. The van der Waals surface area contributed by atoms with Crippen molar-refractivity contribution in [3.63, 3.8) is 0 Å². The highest BCUT2D eigenvalue weighted by Gasteiger charge is 2.29. The van der Waals surface area contributed by atoms with Gasteiger partial charge in [0.1, 0.15) is 0 Å². The summed E-state index contributed by atoms with van der Waals surface area (Å²) >= 11 is 1.39. The number of hydrogen-bond donors (Lipinski definition) is 3. The molecular weight excluding hydrogens is 544 g/mol. The molecule has 218 valence electrons. The first-order valence-corrected chi connectivity index (χ1v) is 14.4. The largest absolute Gasteiger partial charge is 0.493 e. The van der Waals surface area contributed by atoms with Crippen molar-refractivity contribution < 1.29 is 23.8 Å². The van der Waals surface area contributed by atoms with E-state index in [4.69, 9.17) is 14.2 Å². The van der Waals surface area contributed by atoms with Gasteiger partial charge in [0.05, 0.1) is 33.1 Å². The Morgan fingerprint density at radius 1 is 1.05 bits per heavy atom. The van der Waals surface area contributed by atoms with Crippen LogP contribution in [0.5, 0.6) is 17.2 Å². The fourth-order valence-corrected chi connectivity index (χ4v) is 5.68. The van der Waals surface area contributed by atoms with E-state index in [1.165, 1.54) is 18.3 Å². The van der Waals surface area contributed by atoms with Crippen LogP contribution in [0.15, 0.2) is 40.6 Å². The average molecular weight is 581 g/mol.